The van der Waals surface area contributed by atoms with Gasteiger partial charge in [-0.3, -0.25) is 9.59 Å². The molecule has 0 N–H and O–H groups in total. The first-order chi connectivity index (χ1) is 11.2. The molecule has 0 saturated carbocycles. The highest BCUT2D eigenvalue weighted by Crippen LogP contribution is 2.35. The minimum absolute atomic E-state index is 0.107. The molecule has 0 radical (unpaired) electrons. The Kier molecular flexibility index (Phi) is 4.28. The number of amides is 1. The highest BCUT2D eigenvalue weighted by molar-refractivity contribution is 6.00. The van der Waals surface area contributed by atoms with Crippen molar-refractivity contribution in [2.75, 3.05) is 18.6 Å². The Balaban J connectivity index is 1.86. The molecule has 1 unspecified atom stereocenters. The molecule has 1 aliphatic rings. The number of hydrogen-bond acceptors (Lipinski definition) is 4. The Morgan fingerprint density at radius 3 is 2.52 bits per heavy atom. The van der Waals surface area contributed by atoms with Gasteiger partial charge in [-0.2, -0.15) is 0 Å². The molecule has 2 aromatic carbocycles. The molecule has 5 heteroatoms. The summed E-state index contributed by atoms with van der Waals surface area (Å²) in [6.45, 7) is 0.306. The lowest BCUT2D eigenvalue weighted by Gasteiger charge is -2.20. The molecule has 0 aromatic heterocycles. The average molecular weight is 311 g/mol. The maximum absolute atomic E-state index is 12.3. The van der Waals surface area contributed by atoms with Crippen LogP contribution in [0.4, 0.5) is 5.69 Å². The second kappa shape index (κ2) is 6.52. The van der Waals surface area contributed by atoms with Gasteiger partial charge in [0.2, 0.25) is 5.91 Å². The molecule has 0 aliphatic carbocycles. The number of nitrogens with zero attached hydrogens (tertiary/aromatic N) is 1. The number of ether oxygens (including phenoxy) is 2. The predicted molar refractivity (Wildman–Crippen MR) is 85.4 cm³/mol. The quantitative estimate of drug-likeness (QED) is 0.815. The van der Waals surface area contributed by atoms with Crippen LogP contribution in [-0.2, 0) is 14.3 Å². The lowest BCUT2D eigenvalue weighted by Crippen LogP contribution is -2.26. The van der Waals surface area contributed by atoms with Gasteiger partial charge in [0.05, 0.1) is 18.7 Å². The third-order valence-corrected chi connectivity index (χ3v) is 3.79. The van der Waals surface area contributed by atoms with Crippen LogP contribution in [0.15, 0.2) is 54.6 Å². The number of esters is 1. The summed E-state index contributed by atoms with van der Waals surface area (Å²) >= 11 is 0. The van der Waals surface area contributed by atoms with Crippen molar-refractivity contribution in [2.24, 2.45) is 5.92 Å². The highest BCUT2D eigenvalue weighted by Gasteiger charge is 2.36. The molecule has 1 saturated heterocycles. The van der Waals surface area contributed by atoms with Gasteiger partial charge < -0.3 is 14.4 Å². The van der Waals surface area contributed by atoms with Crippen LogP contribution in [0.3, 0.4) is 0 Å². The molecule has 1 aliphatic heterocycles. The summed E-state index contributed by atoms with van der Waals surface area (Å²) in [5.41, 5.74) is 0.660. The monoisotopic (exact) mass is 311 g/mol. The first-order valence-corrected chi connectivity index (χ1v) is 7.39. The smallest absolute Gasteiger partial charge is 0.311 e. The summed E-state index contributed by atoms with van der Waals surface area (Å²) in [6, 6.07) is 16.7. The number of carbonyl (C=O) groups excluding carboxylic acids is 2. The summed E-state index contributed by atoms with van der Waals surface area (Å²) in [6.07, 6.45) is 0.159. The molecule has 1 heterocycles. The Morgan fingerprint density at radius 1 is 1.09 bits per heavy atom. The SMILES string of the molecule is COC(=O)C1CC(=O)N(c2ccccc2Oc2ccccc2)C1. The molecule has 3 rings (SSSR count). The topological polar surface area (TPSA) is 55.8 Å². The lowest BCUT2D eigenvalue weighted by molar-refractivity contribution is -0.145. The predicted octanol–water partition coefficient (Wildman–Crippen LogP) is 3.00. The molecule has 23 heavy (non-hydrogen) atoms. The second-order valence-electron chi connectivity index (χ2n) is 5.31. The summed E-state index contributed by atoms with van der Waals surface area (Å²) in [4.78, 5) is 25.5. The van der Waals surface area contributed by atoms with Crippen molar-refractivity contribution in [2.45, 2.75) is 6.42 Å². The van der Waals surface area contributed by atoms with Crippen molar-refractivity contribution in [3.63, 3.8) is 0 Å². The van der Waals surface area contributed by atoms with Crippen molar-refractivity contribution in [3.05, 3.63) is 54.6 Å². The van der Waals surface area contributed by atoms with E-state index in [1.54, 1.807) is 11.0 Å². The molecule has 0 spiro atoms. The van der Waals surface area contributed by atoms with E-state index in [0.29, 0.717) is 23.7 Å². The van der Waals surface area contributed by atoms with E-state index in [-0.39, 0.29) is 18.3 Å². The number of methoxy groups -OCH3 is 1. The van der Waals surface area contributed by atoms with Gasteiger partial charge in [-0.15, -0.1) is 0 Å². The number of para-hydroxylation sites is 3. The molecule has 118 valence electrons. The van der Waals surface area contributed by atoms with E-state index in [1.807, 2.05) is 48.5 Å². The molecule has 1 amide bonds. The van der Waals surface area contributed by atoms with Crippen LogP contribution in [0, 0.1) is 5.92 Å². The number of hydrogen-bond donors (Lipinski definition) is 0. The van der Waals surface area contributed by atoms with Crippen molar-refractivity contribution in [1.29, 1.82) is 0 Å². The zero-order chi connectivity index (χ0) is 16.2. The Hall–Kier alpha value is -2.82. The van der Waals surface area contributed by atoms with E-state index in [9.17, 15) is 9.59 Å². The number of anilines is 1. The van der Waals surface area contributed by atoms with Crippen molar-refractivity contribution < 1.29 is 19.1 Å². The summed E-state index contributed by atoms with van der Waals surface area (Å²) in [5.74, 6) is 0.373. The Labute approximate surface area is 134 Å². The minimum Gasteiger partial charge on any atom is -0.469 e. The minimum atomic E-state index is -0.433. The van der Waals surface area contributed by atoms with Gasteiger partial charge in [-0.25, -0.2) is 0 Å². The second-order valence-corrected chi connectivity index (χ2v) is 5.31. The normalized spacial score (nSPS) is 17.2. The average Bonchev–Trinajstić information content (AvgIpc) is 2.97. The fourth-order valence-corrected chi connectivity index (χ4v) is 2.65. The van der Waals surface area contributed by atoms with Gasteiger partial charge in [-0.1, -0.05) is 30.3 Å². The Bertz CT molecular complexity index is 714. The molecule has 1 atom stereocenters. The first kappa shape index (κ1) is 15.1. The van der Waals surface area contributed by atoms with E-state index in [0.717, 1.165) is 0 Å². The number of benzene rings is 2. The molecule has 0 bridgehead atoms. The van der Waals surface area contributed by atoms with Gasteiger partial charge in [0.1, 0.15) is 5.75 Å². The van der Waals surface area contributed by atoms with Crippen LogP contribution in [0.1, 0.15) is 6.42 Å². The van der Waals surface area contributed by atoms with Crippen molar-refractivity contribution >= 4 is 17.6 Å². The molecule has 5 nitrogen and oxygen atoms in total. The van der Waals surface area contributed by atoms with E-state index in [2.05, 4.69) is 0 Å². The largest absolute Gasteiger partial charge is 0.469 e. The zero-order valence-corrected chi connectivity index (χ0v) is 12.8. The molecule has 1 fully saturated rings. The van der Waals surface area contributed by atoms with Crippen molar-refractivity contribution in [3.8, 4) is 11.5 Å². The third kappa shape index (κ3) is 3.18. The van der Waals surface area contributed by atoms with Gasteiger partial charge in [0, 0.05) is 13.0 Å². The van der Waals surface area contributed by atoms with Gasteiger partial charge in [-0.05, 0) is 24.3 Å². The van der Waals surface area contributed by atoms with Gasteiger partial charge in [0.15, 0.2) is 5.75 Å². The first-order valence-electron chi connectivity index (χ1n) is 7.39. The van der Waals surface area contributed by atoms with Crippen LogP contribution in [0.25, 0.3) is 0 Å². The molecular weight excluding hydrogens is 294 g/mol. The maximum Gasteiger partial charge on any atom is 0.311 e. The Morgan fingerprint density at radius 2 is 1.78 bits per heavy atom. The lowest BCUT2D eigenvalue weighted by atomic mass is 10.1. The summed E-state index contributed by atoms with van der Waals surface area (Å²) in [5, 5.41) is 0. The standard InChI is InChI=1S/C18H17NO4/c1-22-18(21)13-11-17(20)19(12-13)15-9-5-6-10-16(15)23-14-7-3-2-4-8-14/h2-10,13H,11-12H2,1H3. The summed E-state index contributed by atoms with van der Waals surface area (Å²) in [7, 11) is 1.34. The van der Waals surface area contributed by atoms with Crippen LogP contribution in [0.2, 0.25) is 0 Å². The number of rotatable bonds is 4. The fraction of sp³-hybridized carbons (Fsp3) is 0.222. The van der Waals surface area contributed by atoms with Crippen LogP contribution in [-0.4, -0.2) is 25.5 Å². The zero-order valence-electron chi connectivity index (χ0n) is 12.8. The van der Waals surface area contributed by atoms with Crippen LogP contribution < -0.4 is 9.64 Å². The maximum atomic E-state index is 12.3. The van der Waals surface area contributed by atoms with Crippen LogP contribution >= 0.6 is 0 Å². The summed E-state index contributed by atoms with van der Waals surface area (Å²) < 4.78 is 10.6. The molecular formula is C18H17NO4. The third-order valence-electron chi connectivity index (χ3n) is 3.79. The molecule has 2 aromatic rings. The van der Waals surface area contributed by atoms with Crippen molar-refractivity contribution in [1.82, 2.24) is 0 Å². The van der Waals surface area contributed by atoms with Crippen LogP contribution in [0.5, 0.6) is 11.5 Å². The van der Waals surface area contributed by atoms with E-state index in [4.69, 9.17) is 9.47 Å². The number of carbonyl (C=O) groups is 2. The van der Waals surface area contributed by atoms with E-state index in [1.165, 1.54) is 7.11 Å². The van der Waals surface area contributed by atoms with Gasteiger partial charge >= 0.3 is 5.97 Å². The highest BCUT2D eigenvalue weighted by atomic mass is 16.5. The van der Waals surface area contributed by atoms with E-state index < -0.39 is 5.92 Å². The van der Waals surface area contributed by atoms with E-state index >= 15 is 0 Å². The fourth-order valence-electron chi connectivity index (χ4n) is 2.65. The van der Waals surface area contributed by atoms with Gasteiger partial charge in [0.25, 0.3) is 0 Å².